The summed E-state index contributed by atoms with van der Waals surface area (Å²) in [6, 6.07) is 10.6. The third-order valence-electron chi connectivity index (χ3n) is 3.57. The highest BCUT2D eigenvalue weighted by atomic mass is 16.5. The second-order valence-corrected chi connectivity index (χ2v) is 4.73. The Labute approximate surface area is 98.1 Å². The zero-order valence-electron chi connectivity index (χ0n) is 10.2. The minimum absolute atomic E-state index is 0.119. The summed E-state index contributed by atoms with van der Waals surface area (Å²) in [4.78, 5) is 0. The van der Waals surface area contributed by atoms with Crippen LogP contribution in [0.1, 0.15) is 32.3 Å². The monoisotopic (exact) mass is 216 g/mol. The molecular weight excluding hydrogens is 196 g/mol. The fourth-order valence-electron chi connectivity index (χ4n) is 2.68. The second-order valence-electron chi connectivity index (χ2n) is 4.73. The van der Waals surface area contributed by atoms with Crippen molar-refractivity contribution in [1.29, 1.82) is 0 Å². The minimum atomic E-state index is -0.119. The highest BCUT2D eigenvalue weighted by molar-refractivity contribution is 5.29. The Morgan fingerprint density at radius 2 is 2.06 bits per heavy atom. The smallest absolute Gasteiger partial charge is 0.0973 e. The van der Waals surface area contributed by atoms with Crippen molar-refractivity contribution in [2.75, 3.05) is 6.61 Å². The lowest BCUT2D eigenvalue weighted by atomic mass is 9.91. The molecule has 0 aromatic heterocycles. The van der Waals surface area contributed by atoms with Crippen molar-refractivity contribution in [3.63, 3.8) is 0 Å². The summed E-state index contributed by atoms with van der Waals surface area (Å²) in [5.74, 6) is 0.562. The van der Waals surface area contributed by atoms with Crippen molar-refractivity contribution in [2.45, 2.75) is 32.3 Å². The summed E-state index contributed by atoms with van der Waals surface area (Å²) in [6.07, 6.45) is 2.02. The van der Waals surface area contributed by atoms with Crippen LogP contribution in [0.2, 0.25) is 0 Å². The molecule has 1 heteroatoms. The van der Waals surface area contributed by atoms with Crippen LogP contribution in [0.5, 0.6) is 0 Å². The van der Waals surface area contributed by atoms with Crippen LogP contribution in [-0.4, -0.2) is 6.61 Å². The van der Waals surface area contributed by atoms with Gasteiger partial charge in [-0.1, -0.05) is 49.4 Å². The van der Waals surface area contributed by atoms with Gasteiger partial charge in [0.25, 0.3) is 0 Å². The minimum Gasteiger partial charge on any atom is -0.370 e. The summed E-state index contributed by atoms with van der Waals surface area (Å²) < 4.78 is 6.06. The average molecular weight is 216 g/mol. The molecule has 16 heavy (non-hydrogen) atoms. The summed E-state index contributed by atoms with van der Waals surface area (Å²) in [5, 5.41) is 0. The first-order valence-corrected chi connectivity index (χ1v) is 6.05. The van der Waals surface area contributed by atoms with Crippen molar-refractivity contribution in [2.24, 2.45) is 5.92 Å². The van der Waals surface area contributed by atoms with E-state index in [0.717, 1.165) is 19.4 Å². The Hall–Kier alpha value is -1.08. The van der Waals surface area contributed by atoms with Crippen LogP contribution in [0.3, 0.4) is 0 Å². The first-order valence-electron chi connectivity index (χ1n) is 6.05. The molecule has 0 aliphatic heterocycles. The maximum atomic E-state index is 6.06. The number of ether oxygens (including phenoxy) is 1. The van der Waals surface area contributed by atoms with Crippen LogP contribution < -0.4 is 0 Å². The molecule has 0 bridgehead atoms. The van der Waals surface area contributed by atoms with Crippen molar-refractivity contribution in [3.8, 4) is 0 Å². The van der Waals surface area contributed by atoms with Gasteiger partial charge in [-0.3, -0.25) is 0 Å². The van der Waals surface area contributed by atoms with Crippen LogP contribution in [-0.2, 0) is 10.3 Å². The molecule has 1 aliphatic carbocycles. The lowest BCUT2D eigenvalue weighted by molar-refractivity contribution is -0.0399. The fraction of sp³-hybridized carbons (Fsp3) is 0.467. The van der Waals surface area contributed by atoms with Crippen LogP contribution in [0.4, 0.5) is 0 Å². The molecule has 2 rings (SSSR count). The summed E-state index contributed by atoms with van der Waals surface area (Å²) in [5.41, 5.74) is 2.49. The van der Waals surface area contributed by atoms with Gasteiger partial charge in [0.15, 0.2) is 0 Å². The molecule has 1 fully saturated rings. The molecule has 0 unspecified atom stereocenters. The molecule has 1 aromatic carbocycles. The molecule has 0 spiro atoms. The van der Waals surface area contributed by atoms with Gasteiger partial charge in [0.1, 0.15) is 0 Å². The highest BCUT2D eigenvalue weighted by Gasteiger charge is 2.41. The quantitative estimate of drug-likeness (QED) is 0.696. The molecule has 86 valence electrons. The van der Waals surface area contributed by atoms with Gasteiger partial charge in [-0.05, 0) is 24.8 Å². The van der Waals surface area contributed by atoms with Gasteiger partial charge in [-0.25, -0.2) is 0 Å². The van der Waals surface area contributed by atoms with E-state index < -0.39 is 0 Å². The number of rotatable bonds is 3. The van der Waals surface area contributed by atoms with E-state index in [-0.39, 0.29) is 5.60 Å². The number of hydrogen-bond donors (Lipinski definition) is 0. The molecule has 1 nitrogen and oxygen atoms in total. The third-order valence-corrected chi connectivity index (χ3v) is 3.57. The molecule has 0 saturated heterocycles. The normalized spacial score (nSPS) is 29.6. The zero-order chi connectivity index (χ0) is 11.6. The van der Waals surface area contributed by atoms with E-state index in [2.05, 4.69) is 50.8 Å². The summed E-state index contributed by atoms with van der Waals surface area (Å²) in [6.45, 7) is 9.23. The predicted molar refractivity (Wildman–Crippen MR) is 67.3 cm³/mol. The average Bonchev–Trinajstić information content (AvgIpc) is 2.57. The summed E-state index contributed by atoms with van der Waals surface area (Å²) >= 11 is 0. The van der Waals surface area contributed by atoms with Gasteiger partial charge in [-0.15, -0.1) is 0 Å². The molecule has 0 amide bonds. The third kappa shape index (κ3) is 1.92. The molecule has 1 saturated carbocycles. The molecule has 0 heterocycles. The SMILES string of the molecule is C=C1C[C@@](OCC)(c2ccccc2)C[C@@H]1C. The van der Waals surface area contributed by atoms with Gasteiger partial charge in [0.2, 0.25) is 0 Å². The van der Waals surface area contributed by atoms with E-state index in [1.54, 1.807) is 0 Å². The Bertz CT molecular complexity index is 368. The molecule has 0 N–H and O–H groups in total. The van der Waals surface area contributed by atoms with Gasteiger partial charge < -0.3 is 4.74 Å². The van der Waals surface area contributed by atoms with Crippen molar-refractivity contribution >= 4 is 0 Å². The van der Waals surface area contributed by atoms with Crippen molar-refractivity contribution in [3.05, 3.63) is 48.0 Å². The predicted octanol–water partition coefficient (Wildman–Crippen LogP) is 3.90. The van der Waals surface area contributed by atoms with Crippen LogP contribution >= 0.6 is 0 Å². The van der Waals surface area contributed by atoms with Gasteiger partial charge in [0.05, 0.1) is 5.60 Å². The second kappa shape index (κ2) is 4.42. The summed E-state index contributed by atoms with van der Waals surface area (Å²) in [7, 11) is 0. The van der Waals surface area contributed by atoms with Crippen LogP contribution in [0.15, 0.2) is 42.5 Å². The van der Waals surface area contributed by atoms with E-state index >= 15 is 0 Å². The van der Waals surface area contributed by atoms with E-state index in [0.29, 0.717) is 5.92 Å². The lowest BCUT2D eigenvalue weighted by Crippen LogP contribution is -2.26. The molecule has 2 atom stereocenters. The van der Waals surface area contributed by atoms with Crippen LogP contribution in [0, 0.1) is 5.92 Å². The number of benzene rings is 1. The molecule has 1 aliphatic rings. The maximum Gasteiger partial charge on any atom is 0.0973 e. The highest BCUT2D eigenvalue weighted by Crippen LogP contribution is 2.47. The first kappa shape index (κ1) is 11.4. The standard InChI is InChI=1S/C15H20O/c1-4-16-15(10-12(2)13(3)11-15)14-8-6-5-7-9-14/h5-9,13H,2,4,10-11H2,1,3H3/t13-,15-/m0/s1. The van der Waals surface area contributed by atoms with E-state index in [4.69, 9.17) is 4.74 Å². The maximum absolute atomic E-state index is 6.06. The Balaban J connectivity index is 2.34. The van der Waals surface area contributed by atoms with Gasteiger partial charge in [0, 0.05) is 13.0 Å². The topological polar surface area (TPSA) is 9.23 Å². The molecule has 1 aromatic rings. The van der Waals surface area contributed by atoms with E-state index in [9.17, 15) is 0 Å². The van der Waals surface area contributed by atoms with E-state index in [1.165, 1.54) is 11.1 Å². The van der Waals surface area contributed by atoms with Crippen molar-refractivity contribution in [1.82, 2.24) is 0 Å². The molecule has 0 radical (unpaired) electrons. The van der Waals surface area contributed by atoms with Gasteiger partial charge >= 0.3 is 0 Å². The Morgan fingerprint density at radius 3 is 2.56 bits per heavy atom. The number of hydrogen-bond acceptors (Lipinski definition) is 1. The Kier molecular flexibility index (Phi) is 3.15. The lowest BCUT2D eigenvalue weighted by Gasteiger charge is -2.29. The zero-order valence-corrected chi connectivity index (χ0v) is 10.2. The fourth-order valence-corrected chi connectivity index (χ4v) is 2.68. The van der Waals surface area contributed by atoms with Gasteiger partial charge in [-0.2, -0.15) is 0 Å². The van der Waals surface area contributed by atoms with E-state index in [1.807, 2.05) is 0 Å². The first-order chi connectivity index (χ1) is 7.68. The van der Waals surface area contributed by atoms with Crippen LogP contribution in [0.25, 0.3) is 0 Å². The molecular formula is C15H20O. The largest absolute Gasteiger partial charge is 0.370 e. The Morgan fingerprint density at radius 1 is 1.38 bits per heavy atom. The van der Waals surface area contributed by atoms with Crippen molar-refractivity contribution < 1.29 is 4.74 Å².